The van der Waals surface area contributed by atoms with Gasteiger partial charge in [0.05, 0.1) is 11.5 Å². The maximum atomic E-state index is 11.5. The van der Waals surface area contributed by atoms with E-state index >= 15 is 0 Å². The molecule has 0 radical (unpaired) electrons. The van der Waals surface area contributed by atoms with Crippen molar-refractivity contribution in [2.75, 3.05) is 44.2 Å². The van der Waals surface area contributed by atoms with E-state index in [9.17, 15) is 8.42 Å². The Morgan fingerprint density at radius 2 is 2.00 bits per heavy atom. The molecule has 0 spiro atoms. The molecule has 0 aliphatic carbocycles. The minimum Gasteiger partial charge on any atom is -0.357 e. The molecule has 25 heavy (non-hydrogen) atoms. The SMILES string of the molecule is CCNC(=NCC1CCS(=O)(=O)C1)NCCN1CCCCC1CC.I. The van der Waals surface area contributed by atoms with Crippen LogP contribution in [0.3, 0.4) is 0 Å². The number of aliphatic imine (C=N–C) groups is 1. The molecule has 2 rings (SSSR count). The summed E-state index contributed by atoms with van der Waals surface area (Å²) in [4.78, 5) is 7.18. The molecule has 0 aromatic rings. The van der Waals surface area contributed by atoms with E-state index in [0.29, 0.717) is 18.1 Å². The van der Waals surface area contributed by atoms with E-state index in [-0.39, 0.29) is 29.9 Å². The highest BCUT2D eigenvalue weighted by molar-refractivity contribution is 14.0. The predicted octanol–water partition coefficient (Wildman–Crippen LogP) is 1.86. The molecule has 0 saturated carbocycles. The van der Waals surface area contributed by atoms with Gasteiger partial charge in [-0.15, -0.1) is 24.0 Å². The van der Waals surface area contributed by atoms with E-state index in [0.717, 1.165) is 38.1 Å². The van der Waals surface area contributed by atoms with E-state index in [2.05, 4.69) is 34.4 Å². The van der Waals surface area contributed by atoms with Crippen LogP contribution in [0.4, 0.5) is 0 Å². The third-order valence-electron chi connectivity index (χ3n) is 5.09. The summed E-state index contributed by atoms with van der Waals surface area (Å²) in [5.41, 5.74) is 0. The fourth-order valence-electron chi connectivity index (χ4n) is 3.71. The number of halogens is 1. The molecule has 2 saturated heterocycles. The van der Waals surface area contributed by atoms with Crippen molar-refractivity contribution in [1.82, 2.24) is 15.5 Å². The average molecular weight is 486 g/mol. The third kappa shape index (κ3) is 7.99. The lowest BCUT2D eigenvalue weighted by molar-refractivity contribution is 0.147. The van der Waals surface area contributed by atoms with E-state index in [4.69, 9.17) is 0 Å². The van der Waals surface area contributed by atoms with Gasteiger partial charge in [-0.3, -0.25) is 9.89 Å². The molecule has 8 heteroatoms. The molecule has 2 aliphatic heterocycles. The van der Waals surface area contributed by atoms with Crippen molar-refractivity contribution < 1.29 is 8.42 Å². The number of sulfone groups is 1. The summed E-state index contributed by atoms with van der Waals surface area (Å²) in [5, 5.41) is 6.67. The topological polar surface area (TPSA) is 73.8 Å². The van der Waals surface area contributed by atoms with Crippen molar-refractivity contribution in [3.05, 3.63) is 0 Å². The largest absolute Gasteiger partial charge is 0.357 e. The Bertz CT molecular complexity index is 513. The van der Waals surface area contributed by atoms with Crippen LogP contribution in [0.15, 0.2) is 4.99 Å². The molecule has 148 valence electrons. The summed E-state index contributed by atoms with van der Waals surface area (Å²) in [6.45, 7) is 8.86. The maximum absolute atomic E-state index is 11.5. The van der Waals surface area contributed by atoms with Crippen LogP contribution in [0.1, 0.15) is 46.0 Å². The lowest BCUT2D eigenvalue weighted by Crippen LogP contribution is -2.46. The van der Waals surface area contributed by atoms with E-state index in [1.807, 2.05) is 0 Å². The fourth-order valence-corrected chi connectivity index (χ4v) is 5.56. The number of nitrogens with zero attached hydrogens (tertiary/aromatic N) is 2. The van der Waals surface area contributed by atoms with Crippen LogP contribution in [0.2, 0.25) is 0 Å². The van der Waals surface area contributed by atoms with Crippen LogP contribution < -0.4 is 10.6 Å². The summed E-state index contributed by atoms with van der Waals surface area (Å²) in [6.07, 6.45) is 5.96. The lowest BCUT2D eigenvalue weighted by Gasteiger charge is -2.35. The van der Waals surface area contributed by atoms with Crippen molar-refractivity contribution >= 4 is 39.8 Å². The molecule has 2 heterocycles. The number of likely N-dealkylation sites (tertiary alicyclic amines) is 1. The Labute approximate surface area is 170 Å². The summed E-state index contributed by atoms with van der Waals surface area (Å²) < 4.78 is 23.1. The van der Waals surface area contributed by atoms with Crippen LogP contribution in [0.5, 0.6) is 0 Å². The third-order valence-corrected chi connectivity index (χ3v) is 6.93. The Kier molecular flexibility index (Phi) is 10.6. The van der Waals surface area contributed by atoms with Crippen LogP contribution in [0.25, 0.3) is 0 Å². The van der Waals surface area contributed by atoms with Crippen LogP contribution in [0, 0.1) is 5.92 Å². The summed E-state index contributed by atoms with van der Waals surface area (Å²) in [6, 6.07) is 0.726. The smallest absolute Gasteiger partial charge is 0.191 e. The minimum atomic E-state index is -2.81. The second-order valence-corrected chi connectivity index (χ2v) is 9.24. The highest BCUT2D eigenvalue weighted by Gasteiger charge is 2.27. The molecule has 2 unspecified atom stereocenters. The fraction of sp³-hybridized carbons (Fsp3) is 0.941. The van der Waals surface area contributed by atoms with Gasteiger partial charge >= 0.3 is 0 Å². The van der Waals surface area contributed by atoms with Crippen molar-refractivity contribution in [3.63, 3.8) is 0 Å². The van der Waals surface area contributed by atoms with Crippen LogP contribution in [-0.4, -0.2) is 69.5 Å². The molecule has 2 atom stereocenters. The highest BCUT2D eigenvalue weighted by atomic mass is 127. The van der Waals surface area contributed by atoms with Crippen molar-refractivity contribution in [2.24, 2.45) is 10.9 Å². The molecule has 2 N–H and O–H groups in total. The van der Waals surface area contributed by atoms with Crippen molar-refractivity contribution in [1.29, 1.82) is 0 Å². The normalized spacial score (nSPS) is 26.9. The van der Waals surface area contributed by atoms with Gasteiger partial charge in [0.2, 0.25) is 0 Å². The zero-order chi connectivity index (χ0) is 17.4. The van der Waals surface area contributed by atoms with Crippen LogP contribution in [-0.2, 0) is 9.84 Å². The molecule has 0 aromatic carbocycles. The number of hydrogen-bond acceptors (Lipinski definition) is 4. The Morgan fingerprint density at radius 3 is 2.64 bits per heavy atom. The second-order valence-electron chi connectivity index (χ2n) is 7.01. The molecule has 0 bridgehead atoms. The standard InChI is InChI=1S/C17H34N4O2S.HI/c1-3-16-7-5-6-10-21(16)11-9-19-17(18-4-2)20-13-15-8-12-24(22,23)14-15;/h15-16H,3-14H2,1-2H3,(H2,18,19,20);1H. The molecule has 2 aliphatic rings. The molecular formula is C17H35IN4O2S. The molecule has 0 aromatic heterocycles. The molecule has 0 amide bonds. The quantitative estimate of drug-likeness (QED) is 0.327. The van der Waals surface area contributed by atoms with Gasteiger partial charge in [0.25, 0.3) is 0 Å². The first-order chi connectivity index (χ1) is 11.5. The van der Waals surface area contributed by atoms with E-state index in [1.165, 1.54) is 32.2 Å². The first-order valence-electron chi connectivity index (χ1n) is 9.50. The predicted molar refractivity (Wildman–Crippen MR) is 116 cm³/mol. The zero-order valence-electron chi connectivity index (χ0n) is 15.7. The number of rotatable bonds is 7. The molecule has 2 fully saturated rings. The summed E-state index contributed by atoms with van der Waals surface area (Å²) in [5.74, 6) is 1.61. The van der Waals surface area contributed by atoms with Gasteiger partial charge in [-0.2, -0.15) is 0 Å². The monoisotopic (exact) mass is 486 g/mol. The Balaban J connectivity index is 0.00000312. The second kappa shape index (κ2) is 11.6. The number of hydrogen-bond donors (Lipinski definition) is 2. The number of piperidine rings is 1. The molecular weight excluding hydrogens is 451 g/mol. The summed E-state index contributed by atoms with van der Waals surface area (Å²) in [7, 11) is -2.81. The van der Waals surface area contributed by atoms with Gasteiger partial charge in [0.15, 0.2) is 15.8 Å². The van der Waals surface area contributed by atoms with Gasteiger partial charge in [0, 0.05) is 32.2 Å². The first kappa shape index (κ1) is 23.0. The van der Waals surface area contributed by atoms with E-state index < -0.39 is 9.84 Å². The highest BCUT2D eigenvalue weighted by Crippen LogP contribution is 2.19. The maximum Gasteiger partial charge on any atom is 0.191 e. The van der Waals surface area contributed by atoms with Crippen molar-refractivity contribution in [2.45, 2.75) is 52.0 Å². The zero-order valence-corrected chi connectivity index (χ0v) is 18.8. The average Bonchev–Trinajstić information content (AvgIpc) is 2.92. The van der Waals surface area contributed by atoms with Crippen LogP contribution >= 0.6 is 24.0 Å². The Morgan fingerprint density at radius 1 is 1.20 bits per heavy atom. The molecule has 6 nitrogen and oxygen atoms in total. The first-order valence-corrected chi connectivity index (χ1v) is 11.3. The minimum absolute atomic E-state index is 0. The van der Waals surface area contributed by atoms with Gasteiger partial charge in [-0.1, -0.05) is 13.3 Å². The van der Waals surface area contributed by atoms with Gasteiger partial charge in [-0.25, -0.2) is 8.42 Å². The van der Waals surface area contributed by atoms with Gasteiger partial charge in [0.1, 0.15) is 0 Å². The summed E-state index contributed by atoms with van der Waals surface area (Å²) >= 11 is 0. The Hall–Kier alpha value is -0.0900. The number of guanidine groups is 1. The van der Waals surface area contributed by atoms with E-state index in [1.54, 1.807) is 0 Å². The van der Waals surface area contributed by atoms with Gasteiger partial charge < -0.3 is 10.6 Å². The lowest BCUT2D eigenvalue weighted by atomic mass is 10.0. The van der Waals surface area contributed by atoms with Gasteiger partial charge in [-0.05, 0) is 45.1 Å². The van der Waals surface area contributed by atoms with Crippen molar-refractivity contribution in [3.8, 4) is 0 Å². The number of nitrogens with one attached hydrogen (secondary N) is 2.